The summed E-state index contributed by atoms with van der Waals surface area (Å²) in [6, 6.07) is 2.01. The Balaban J connectivity index is 2.28. The van der Waals surface area contributed by atoms with Gasteiger partial charge in [0.15, 0.2) is 5.78 Å². The summed E-state index contributed by atoms with van der Waals surface area (Å²) in [5.74, 6) is 1.41. The van der Waals surface area contributed by atoms with Crippen LogP contribution in [-0.2, 0) is 4.79 Å². The monoisotopic (exact) mass is 239 g/mol. The molecule has 0 aromatic carbocycles. The van der Waals surface area contributed by atoms with Crippen LogP contribution in [0.1, 0.15) is 20.3 Å². The molecule has 0 aliphatic carbocycles. The molecule has 4 nitrogen and oxygen atoms in total. The van der Waals surface area contributed by atoms with Crippen LogP contribution < -0.4 is 4.90 Å². The van der Waals surface area contributed by atoms with Crippen LogP contribution in [0.3, 0.4) is 0 Å². The maximum Gasteiger partial charge on any atom is 0.224 e. The molecule has 2 heterocycles. The van der Waals surface area contributed by atoms with Crippen molar-refractivity contribution < 1.29 is 4.79 Å². The van der Waals surface area contributed by atoms with Crippen LogP contribution in [0.15, 0.2) is 12.3 Å². The lowest BCUT2D eigenvalue weighted by Crippen LogP contribution is -2.34. The topological polar surface area (TPSA) is 46.1 Å². The third-order valence-corrected chi connectivity index (χ3v) is 3.04. The minimum atomic E-state index is 0.221. The normalized spacial score (nSPS) is 20.9. The Morgan fingerprint density at radius 2 is 2.31 bits per heavy atom. The number of halogens is 1. The Morgan fingerprint density at radius 1 is 1.56 bits per heavy atom. The number of Topliss-reactive ketones (excluding diaryl/α,β-unsaturated/α-hetero) is 1. The zero-order valence-corrected chi connectivity index (χ0v) is 10.1. The van der Waals surface area contributed by atoms with Gasteiger partial charge in [-0.3, -0.25) is 4.79 Å². The van der Waals surface area contributed by atoms with Crippen LogP contribution in [-0.4, -0.2) is 28.3 Å². The summed E-state index contributed by atoms with van der Waals surface area (Å²) in [7, 11) is 0. The van der Waals surface area contributed by atoms with E-state index in [2.05, 4.69) is 23.8 Å². The van der Waals surface area contributed by atoms with E-state index in [0.717, 1.165) is 5.82 Å². The second-order valence-corrected chi connectivity index (χ2v) is 4.70. The molecule has 1 aromatic rings. The number of aromatic nitrogens is 2. The van der Waals surface area contributed by atoms with Gasteiger partial charge in [-0.1, -0.05) is 13.8 Å². The predicted molar refractivity (Wildman–Crippen MR) is 62.6 cm³/mol. The van der Waals surface area contributed by atoms with Crippen molar-refractivity contribution >= 4 is 23.2 Å². The van der Waals surface area contributed by atoms with Crippen molar-refractivity contribution in [3.63, 3.8) is 0 Å². The van der Waals surface area contributed by atoms with E-state index in [9.17, 15) is 4.79 Å². The van der Waals surface area contributed by atoms with Crippen molar-refractivity contribution in [2.45, 2.75) is 26.3 Å². The van der Waals surface area contributed by atoms with Crippen LogP contribution >= 0.6 is 11.6 Å². The molecule has 86 valence electrons. The van der Waals surface area contributed by atoms with E-state index in [1.165, 1.54) is 0 Å². The average molecular weight is 240 g/mol. The maximum atomic E-state index is 11.5. The number of anilines is 1. The van der Waals surface area contributed by atoms with Crippen molar-refractivity contribution in [2.75, 3.05) is 11.4 Å². The first-order chi connectivity index (χ1) is 7.58. The number of nitrogens with zero attached hydrogens (tertiary/aromatic N) is 3. The third kappa shape index (κ3) is 2.16. The molecule has 0 radical (unpaired) electrons. The van der Waals surface area contributed by atoms with E-state index < -0.39 is 0 Å². The van der Waals surface area contributed by atoms with Gasteiger partial charge in [0.05, 0.1) is 6.54 Å². The Labute approximate surface area is 99.6 Å². The van der Waals surface area contributed by atoms with Gasteiger partial charge < -0.3 is 4.90 Å². The highest BCUT2D eigenvalue weighted by atomic mass is 35.5. The number of carbonyl (C=O) groups excluding carboxylic acids is 1. The summed E-state index contributed by atoms with van der Waals surface area (Å²) in [6.45, 7) is 4.65. The summed E-state index contributed by atoms with van der Waals surface area (Å²) in [5.41, 5.74) is 0. The summed E-state index contributed by atoms with van der Waals surface area (Å²) >= 11 is 5.75. The van der Waals surface area contributed by atoms with Gasteiger partial charge >= 0.3 is 0 Å². The smallest absolute Gasteiger partial charge is 0.224 e. The molecule has 0 bridgehead atoms. The fraction of sp³-hybridized carbons (Fsp3) is 0.545. The van der Waals surface area contributed by atoms with Crippen molar-refractivity contribution in [1.82, 2.24) is 9.97 Å². The summed E-state index contributed by atoms with van der Waals surface area (Å²) in [5, 5.41) is 0.222. The van der Waals surface area contributed by atoms with E-state index in [-0.39, 0.29) is 17.1 Å². The summed E-state index contributed by atoms with van der Waals surface area (Å²) in [4.78, 5) is 21.5. The number of rotatable bonds is 2. The average Bonchev–Trinajstić information content (AvgIpc) is 2.60. The molecule has 0 saturated carbocycles. The van der Waals surface area contributed by atoms with Gasteiger partial charge in [0, 0.05) is 18.7 Å². The van der Waals surface area contributed by atoms with Crippen LogP contribution in [0.4, 0.5) is 5.82 Å². The standard InChI is InChI=1S/C11H14ClN3O/c1-7(2)9-5-8(16)6-15(9)10-3-4-13-11(12)14-10/h3-4,7,9H,5-6H2,1-2H3. The van der Waals surface area contributed by atoms with Gasteiger partial charge in [-0.25, -0.2) is 9.97 Å². The van der Waals surface area contributed by atoms with Gasteiger partial charge in [-0.2, -0.15) is 0 Å². The minimum Gasteiger partial charge on any atom is -0.345 e. The fourth-order valence-electron chi connectivity index (χ4n) is 2.05. The maximum absolute atomic E-state index is 11.5. The summed E-state index contributed by atoms with van der Waals surface area (Å²) in [6.07, 6.45) is 2.21. The lowest BCUT2D eigenvalue weighted by Gasteiger charge is -2.27. The Bertz CT molecular complexity index is 408. The molecule has 0 spiro atoms. The van der Waals surface area contributed by atoms with Gasteiger partial charge in [0.25, 0.3) is 0 Å². The molecule has 1 aliphatic rings. The molecule has 16 heavy (non-hydrogen) atoms. The molecule has 0 N–H and O–H groups in total. The van der Waals surface area contributed by atoms with Gasteiger partial charge in [-0.15, -0.1) is 0 Å². The van der Waals surface area contributed by atoms with E-state index in [1.807, 2.05) is 4.90 Å². The first-order valence-electron chi connectivity index (χ1n) is 5.35. The van der Waals surface area contributed by atoms with Gasteiger partial charge in [-0.05, 0) is 23.6 Å². The molecule has 2 rings (SSSR count). The second kappa shape index (κ2) is 4.37. The van der Waals surface area contributed by atoms with Crippen LogP contribution in [0, 0.1) is 5.92 Å². The first-order valence-corrected chi connectivity index (χ1v) is 5.72. The van der Waals surface area contributed by atoms with Gasteiger partial charge in [0.1, 0.15) is 5.82 Å². The molecule has 1 atom stereocenters. The number of hydrogen-bond donors (Lipinski definition) is 0. The predicted octanol–water partition coefficient (Wildman–Crippen LogP) is 1.93. The lowest BCUT2D eigenvalue weighted by molar-refractivity contribution is -0.116. The van der Waals surface area contributed by atoms with Crippen LogP contribution in [0.25, 0.3) is 0 Å². The van der Waals surface area contributed by atoms with E-state index in [0.29, 0.717) is 18.9 Å². The molecular weight excluding hydrogens is 226 g/mol. The molecule has 1 aromatic heterocycles. The number of hydrogen-bond acceptors (Lipinski definition) is 4. The molecule has 5 heteroatoms. The molecule has 0 amide bonds. The minimum absolute atomic E-state index is 0.221. The highest BCUT2D eigenvalue weighted by Crippen LogP contribution is 2.26. The lowest BCUT2D eigenvalue weighted by atomic mass is 10.0. The molecule has 1 fully saturated rings. The Morgan fingerprint density at radius 3 is 2.94 bits per heavy atom. The molecule has 1 unspecified atom stereocenters. The number of carbonyl (C=O) groups is 1. The quantitative estimate of drug-likeness (QED) is 0.740. The molecular formula is C11H14ClN3O. The van der Waals surface area contributed by atoms with Crippen LogP contribution in [0.2, 0.25) is 5.28 Å². The molecule has 1 saturated heterocycles. The first kappa shape index (κ1) is 11.3. The van der Waals surface area contributed by atoms with E-state index in [1.54, 1.807) is 12.3 Å². The fourth-order valence-corrected chi connectivity index (χ4v) is 2.19. The largest absolute Gasteiger partial charge is 0.345 e. The zero-order valence-electron chi connectivity index (χ0n) is 9.35. The zero-order chi connectivity index (χ0) is 11.7. The second-order valence-electron chi connectivity index (χ2n) is 4.37. The SMILES string of the molecule is CC(C)C1CC(=O)CN1c1ccnc(Cl)n1. The van der Waals surface area contributed by atoms with E-state index in [4.69, 9.17) is 11.6 Å². The molecule has 1 aliphatic heterocycles. The Hall–Kier alpha value is -1.16. The van der Waals surface area contributed by atoms with E-state index >= 15 is 0 Å². The third-order valence-electron chi connectivity index (χ3n) is 2.86. The van der Waals surface area contributed by atoms with Crippen molar-refractivity contribution in [3.05, 3.63) is 17.5 Å². The highest BCUT2D eigenvalue weighted by molar-refractivity contribution is 6.28. The summed E-state index contributed by atoms with van der Waals surface area (Å²) < 4.78 is 0. The Kier molecular flexibility index (Phi) is 3.10. The van der Waals surface area contributed by atoms with Crippen molar-refractivity contribution in [1.29, 1.82) is 0 Å². The van der Waals surface area contributed by atoms with Gasteiger partial charge in [0.2, 0.25) is 5.28 Å². The highest BCUT2D eigenvalue weighted by Gasteiger charge is 2.33. The van der Waals surface area contributed by atoms with Crippen LogP contribution in [0.5, 0.6) is 0 Å². The van der Waals surface area contributed by atoms with Crippen molar-refractivity contribution in [2.24, 2.45) is 5.92 Å². The van der Waals surface area contributed by atoms with Crippen molar-refractivity contribution in [3.8, 4) is 0 Å². The number of ketones is 1.